The Morgan fingerprint density at radius 1 is 1.07 bits per heavy atom. The Balaban J connectivity index is 1.61. The molecule has 0 aromatic heterocycles. The molecule has 0 aliphatic carbocycles. The van der Waals surface area contributed by atoms with Gasteiger partial charge in [-0.05, 0) is 51.0 Å². The van der Waals surface area contributed by atoms with Gasteiger partial charge in [-0.3, -0.25) is 19.4 Å². The van der Waals surface area contributed by atoms with E-state index in [0.29, 0.717) is 44.8 Å². The van der Waals surface area contributed by atoms with E-state index in [1.54, 1.807) is 4.90 Å². The number of aryl methyl sites for hydroxylation is 1. The predicted octanol–water partition coefficient (Wildman–Crippen LogP) is 1.54. The molecule has 1 aromatic carbocycles. The lowest BCUT2D eigenvalue weighted by molar-refractivity contribution is -0.132. The van der Waals surface area contributed by atoms with Gasteiger partial charge in [-0.15, -0.1) is 0 Å². The van der Waals surface area contributed by atoms with Crippen LogP contribution >= 0.6 is 0 Å². The highest BCUT2D eigenvalue weighted by Crippen LogP contribution is 2.23. The molecule has 2 aliphatic rings. The van der Waals surface area contributed by atoms with Crippen molar-refractivity contribution >= 4 is 23.5 Å². The number of likely N-dealkylation sites (N-methyl/N-ethyl adjacent to an activating group) is 1. The summed E-state index contributed by atoms with van der Waals surface area (Å²) < 4.78 is 0. The lowest BCUT2D eigenvalue weighted by Gasteiger charge is -2.25. The van der Waals surface area contributed by atoms with Gasteiger partial charge in [-0.25, -0.2) is 4.79 Å². The minimum absolute atomic E-state index is 0.00689. The molecule has 0 radical (unpaired) electrons. The monoisotopic (exact) mass is 415 g/mol. The molecule has 0 saturated carbocycles. The first-order valence-electron chi connectivity index (χ1n) is 10.9. The zero-order chi connectivity index (χ0) is 21.7. The van der Waals surface area contributed by atoms with Crippen LogP contribution in [0.5, 0.6) is 0 Å². The second-order valence-electron chi connectivity index (χ2n) is 7.87. The first-order valence-corrected chi connectivity index (χ1v) is 10.9. The number of nitrogens with zero attached hydrogens (tertiary/aromatic N) is 4. The molecule has 0 unspecified atom stereocenters. The topological polar surface area (TPSA) is 76.2 Å². The number of amides is 4. The van der Waals surface area contributed by atoms with Gasteiger partial charge in [0.15, 0.2) is 0 Å². The van der Waals surface area contributed by atoms with Crippen LogP contribution in [-0.2, 0) is 4.79 Å². The summed E-state index contributed by atoms with van der Waals surface area (Å²) in [6, 6.07) is 5.45. The molecule has 2 fully saturated rings. The van der Waals surface area contributed by atoms with E-state index in [0.717, 1.165) is 37.3 Å². The maximum absolute atomic E-state index is 13.1. The molecule has 1 aromatic rings. The van der Waals surface area contributed by atoms with Gasteiger partial charge in [0.1, 0.15) is 0 Å². The molecule has 30 heavy (non-hydrogen) atoms. The number of carbonyl (C=O) groups excluding carboxylic acids is 3. The van der Waals surface area contributed by atoms with Gasteiger partial charge in [0.25, 0.3) is 5.91 Å². The van der Waals surface area contributed by atoms with Crippen LogP contribution < -0.4 is 10.2 Å². The van der Waals surface area contributed by atoms with E-state index < -0.39 is 0 Å². The van der Waals surface area contributed by atoms with Crippen LogP contribution in [0.4, 0.5) is 10.5 Å². The minimum atomic E-state index is -0.0935. The summed E-state index contributed by atoms with van der Waals surface area (Å²) in [7, 11) is 0. The van der Waals surface area contributed by atoms with Crippen molar-refractivity contribution in [2.75, 3.05) is 63.8 Å². The molecule has 2 heterocycles. The average molecular weight is 416 g/mol. The van der Waals surface area contributed by atoms with E-state index in [1.807, 2.05) is 48.8 Å². The van der Waals surface area contributed by atoms with Crippen molar-refractivity contribution in [3.05, 3.63) is 29.3 Å². The van der Waals surface area contributed by atoms with Crippen LogP contribution in [0.15, 0.2) is 18.2 Å². The van der Waals surface area contributed by atoms with E-state index in [4.69, 9.17) is 0 Å². The second-order valence-corrected chi connectivity index (χ2v) is 7.87. The van der Waals surface area contributed by atoms with E-state index in [2.05, 4.69) is 10.2 Å². The molecule has 1 N–H and O–H groups in total. The van der Waals surface area contributed by atoms with E-state index in [-0.39, 0.29) is 17.8 Å². The normalized spacial score (nSPS) is 17.6. The number of nitrogens with one attached hydrogen (secondary N) is 1. The maximum Gasteiger partial charge on any atom is 0.322 e. The summed E-state index contributed by atoms with van der Waals surface area (Å²) in [5.74, 6) is 0.157. The van der Waals surface area contributed by atoms with Crippen LogP contribution in [0, 0.1) is 6.92 Å². The van der Waals surface area contributed by atoms with Crippen LogP contribution in [0.2, 0.25) is 0 Å². The van der Waals surface area contributed by atoms with Crippen molar-refractivity contribution in [1.29, 1.82) is 0 Å². The molecule has 8 heteroatoms. The zero-order valence-corrected chi connectivity index (χ0v) is 18.3. The second kappa shape index (κ2) is 9.93. The third-order valence-electron chi connectivity index (χ3n) is 5.94. The Hall–Kier alpha value is -2.61. The summed E-state index contributed by atoms with van der Waals surface area (Å²) in [6.07, 6.45) is 0.849. The number of carbonyl (C=O) groups is 3. The summed E-state index contributed by atoms with van der Waals surface area (Å²) in [4.78, 5) is 45.0. The van der Waals surface area contributed by atoms with Crippen molar-refractivity contribution in [2.24, 2.45) is 0 Å². The van der Waals surface area contributed by atoms with Crippen molar-refractivity contribution in [3.63, 3.8) is 0 Å². The number of hydrogen-bond acceptors (Lipinski definition) is 4. The molecule has 0 spiro atoms. The van der Waals surface area contributed by atoms with Crippen LogP contribution in [-0.4, -0.2) is 91.4 Å². The quantitative estimate of drug-likeness (QED) is 0.765. The zero-order valence-electron chi connectivity index (χ0n) is 18.3. The predicted molar refractivity (Wildman–Crippen MR) is 117 cm³/mol. The highest BCUT2D eigenvalue weighted by atomic mass is 16.2. The molecular formula is C22H33N5O3. The molecule has 3 rings (SSSR count). The summed E-state index contributed by atoms with van der Waals surface area (Å²) in [5, 5.41) is 2.80. The molecule has 4 amide bonds. The van der Waals surface area contributed by atoms with Gasteiger partial charge in [-0.2, -0.15) is 0 Å². The summed E-state index contributed by atoms with van der Waals surface area (Å²) >= 11 is 0. The summed E-state index contributed by atoms with van der Waals surface area (Å²) in [6.45, 7) is 11.9. The fourth-order valence-corrected chi connectivity index (χ4v) is 4.18. The van der Waals surface area contributed by atoms with Gasteiger partial charge < -0.3 is 15.1 Å². The molecule has 0 bridgehead atoms. The Morgan fingerprint density at radius 3 is 2.47 bits per heavy atom. The van der Waals surface area contributed by atoms with E-state index in [1.165, 1.54) is 0 Å². The maximum atomic E-state index is 13.1. The van der Waals surface area contributed by atoms with Crippen molar-refractivity contribution in [1.82, 2.24) is 20.0 Å². The molecule has 0 atom stereocenters. The van der Waals surface area contributed by atoms with E-state index in [9.17, 15) is 14.4 Å². The van der Waals surface area contributed by atoms with Crippen LogP contribution in [0.1, 0.15) is 36.2 Å². The average Bonchev–Trinajstić information content (AvgIpc) is 3.02. The fraction of sp³-hybridized carbons (Fsp3) is 0.591. The third-order valence-corrected chi connectivity index (χ3v) is 5.94. The van der Waals surface area contributed by atoms with Crippen molar-refractivity contribution in [3.8, 4) is 0 Å². The van der Waals surface area contributed by atoms with Gasteiger partial charge >= 0.3 is 6.03 Å². The third kappa shape index (κ3) is 4.92. The lowest BCUT2D eigenvalue weighted by atomic mass is 10.1. The van der Waals surface area contributed by atoms with Crippen LogP contribution in [0.25, 0.3) is 0 Å². The molecule has 164 valence electrons. The first-order chi connectivity index (χ1) is 14.4. The minimum Gasteiger partial charge on any atom is -0.342 e. The Morgan fingerprint density at radius 2 is 1.83 bits per heavy atom. The number of anilines is 1. The standard InChI is InChI=1S/C22H33N5O3/c1-4-25(5-2)20(28)16-24-10-6-11-26(14-13-24)21(29)18-7-8-19(17(3)15-18)27-12-9-23-22(27)30/h7-8,15H,4-6,9-14,16H2,1-3H3,(H,23,30). The first kappa shape index (κ1) is 22.1. The van der Waals surface area contributed by atoms with Crippen molar-refractivity contribution in [2.45, 2.75) is 27.2 Å². The van der Waals surface area contributed by atoms with Gasteiger partial charge in [0, 0.05) is 63.6 Å². The van der Waals surface area contributed by atoms with Crippen molar-refractivity contribution < 1.29 is 14.4 Å². The largest absolute Gasteiger partial charge is 0.342 e. The van der Waals surface area contributed by atoms with E-state index >= 15 is 0 Å². The summed E-state index contributed by atoms with van der Waals surface area (Å²) in [5.41, 5.74) is 2.40. The smallest absolute Gasteiger partial charge is 0.322 e. The molecule has 2 aliphatic heterocycles. The Labute approximate surface area is 178 Å². The molecule has 2 saturated heterocycles. The number of rotatable bonds is 6. The highest BCUT2D eigenvalue weighted by Gasteiger charge is 2.25. The number of hydrogen-bond donors (Lipinski definition) is 1. The van der Waals surface area contributed by atoms with Gasteiger partial charge in [0.05, 0.1) is 6.54 Å². The Kier molecular flexibility index (Phi) is 7.31. The number of urea groups is 1. The number of benzene rings is 1. The lowest BCUT2D eigenvalue weighted by Crippen LogP contribution is -2.42. The fourth-order valence-electron chi connectivity index (χ4n) is 4.18. The molecule has 8 nitrogen and oxygen atoms in total. The molecular weight excluding hydrogens is 382 g/mol. The van der Waals surface area contributed by atoms with Gasteiger partial charge in [0.2, 0.25) is 5.91 Å². The highest BCUT2D eigenvalue weighted by molar-refractivity contribution is 5.98. The SMILES string of the molecule is CCN(CC)C(=O)CN1CCCN(C(=O)c2ccc(N3CCNC3=O)c(C)c2)CC1. The Bertz CT molecular complexity index is 793. The van der Waals surface area contributed by atoms with Crippen LogP contribution in [0.3, 0.4) is 0 Å². The van der Waals surface area contributed by atoms with Gasteiger partial charge in [-0.1, -0.05) is 0 Å².